The first-order chi connectivity index (χ1) is 8.01. The van der Waals surface area contributed by atoms with Gasteiger partial charge in [0.25, 0.3) is 0 Å². The molecule has 92 valence electrons. The van der Waals surface area contributed by atoms with Crippen LogP contribution in [0.3, 0.4) is 0 Å². The van der Waals surface area contributed by atoms with E-state index < -0.39 is 11.9 Å². The summed E-state index contributed by atoms with van der Waals surface area (Å²) in [4.78, 5) is 23.5. The van der Waals surface area contributed by atoms with Crippen molar-refractivity contribution in [2.24, 2.45) is 5.92 Å². The van der Waals surface area contributed by atoms with E-state index in [0.717, 1.165) is 0 Å². The van der Waals surface area contributed by atoms with Crippen molar-refractivity contribution in [3.05, 3.63) is 33.3 Å². The monoisotopic (exact) mass is 318 g/mol. The van der Waals surface area contributed by atoms with Crippen LogP contribution in [0.2, 0.25) is 5.02 Å². The van der Waals surface area contributed by atoms with Gasteiger partial charge in [-0.3, -0.25) is 9.59 Å². The van der Waals surface area contributed by atoms with E-state index in [2.05, 4.69) is 20.7 Å². The number of ketones is 1. The van der Waals surface area contributed by atoms with Crippen LogP contribution in [0.15, 0.2) is 22.7 Å². The third-order valence-corrected chi connectivity index (χ3v) is 3.63. The Kier molecular flexibility index (Phi) is 5.15. The molecule has 1 rings (SSSR count). The molecule has 1 unspecified atom stereocenters. The highest BCUT2D eigenvalue weighted by Crippen LogP contribution is 2.25. The van der Waals surface area contributed by atoms with Crippen LogP contribution < -0.4 is 0 Å². The molecule has 1 aromatic carbocycles. The first kappa shape index (κ1) is 14.2. The molecule has 0 aliphatic rings. The van der Waals surface area contributed by atoms with E-state index in [4.69, 9.17) is 11.6 Å². The molecule has 1 atom stereocenters. The van der Waals surface area contributed by atoms with Crippen molar-refractivity contribution in [3.63, 3.8) is 0 Å². The highest BCUT2D eigenvalue weighted by atomic mass is 79.9. The molecule has 0 saturated carbocycles. The van der Waals surface area contributed by atoms with Crippen molar-refractivity contribution >= 4 is 39.3 Å². The van der Waals surface area contributed by atoms with E-state index in [1.807, 2.05) is 0 Å². The lowest BCUT2D eigenvalue weighted by Gasteiger charge is -2.11. The number of hydrogen-bond donors (Lipinski definition) is 0. The second-order valence-corrected chi connectivity index (χ2v) is 4.74. The highest BCUT2D eigenvalue weighted by molar-refractivity contribution is 9.10. The Morgan fingerprint density at radius 2 is 2.12 bits per heavy atom. The van der Waals surface area contributed by atoms with Crippen molar-refractivity contribution < 1.29 is 14.3 Å². The molecule has 1 aromatic rings. The minimum atomic E-state index is -0.756. The van der Waals surface area contributed by atoms with Gasteiger partial charge in [-0.25, -0.2) is 0 Å². The summed E-state index contributed by atoms with van der Waals surface area (Å²) >= 11 is 9.08. The number of hydrogen-bond acceptors (Lipinski definition) is 3. The van der Waals surface area contributed by atoms with Gasteiger partial charge in [0.1, 0.15) is 5.92 Å². The minimum Gasteiger partial charge on any atom is -0.468 e. The summed E-state index contributed by atoms with van der Waals surface area (Å²) in [7, 11) is 1.27. The van der Waals surface area contributed by atoms with E-state index in [-0.39, 0.29) is 5.78 Å². The maximum Gasteiger partial charge on any atom is 0.316 e. The minimum absolute atomic E-state index is 0.253. The molecule has 0 aliphatic carbocycles. The summed E-state index contributed by atoms with van der Waals surface area (Å²) in [6.45, 7) is 1.77. The van der Waals surface area contributed by atoms with Crippen molar-refractivity contribution in [1.29, 1.82) is 0 Å². The Bertz CT molecular complexity index is 445. The predicted octanol–water partition coefficient (Wildman–Crippen LogP) is 3.48. The first-order valence-corrected chi connectivity index (χ1v) is 6.25. The SMILES string of the molecule is CCC(C(=O)OC)C(=O)c1ccc(Cl)c(Br)c1. The summed E-state index contributed by atoms with van der Waals surface area (Å²) in [6, 6.07) is 4.82. The van der Waals surface area contributed by atoms with E-state index in [1.165, 1.54) is 7.11 Å². The van der Waals surface area contributed by atoms with Gasteiger partial charge in [-0.2, -0.15) is 0 Å². The third-order valence-electron chi connectivity index (χ3n) is 2.41. The molecule has 0 amide bonds. The maximum atomic E-state index is 12.1. The van der Waals surface area contributed by atoms with Gasteiger partial charge < -0.3 is 4.74 Å². The summed E-state index contributed by atoms with van der Waals surface area (Å²) in [5.41, 5.74) is 0.443. The predicted molar refractivity (Wildman–Crippen MR) is 69.3 cm³/mol. The van der Waals surface area contributed by atoms with Crippen LogP contribution >= 0.6 is 27.5 Å². The highest BCUT2D eigenvalue weighted by Gasteiger charge is 2.26. The van der Waals surface area contributed by atoms with Crippen molar-refractivity contribution in [3.8, 4) is 0 Å². The first-order valence-electron chi connectivity index (χ1n) is 5.08. The van der Waals surface area contributed by atoms with Crippen LogP contribution in [0.5, 0.6) is 0 Å². The normalized spacial score (nSPS) is 12.0. The fourth-order valence-corrected chi connectivity index (χ4v) is 1.95. The van der Waals surface area contributed by atoms with Gasteiger partial charge in [0, 0.05) is 10.0 Å². The number of methoxy groups -OCH3 is 1. The number of ether oxygens (including phenoxy) is 1. The van der Waals surface area contributed by atoms with E-state index in [0.29, 0.717) is 21.5 Å². The molecule has 5 heteroatoms. The summed E-state index contributed by atoms with van der Waals surface area (Å²) in [5, 5.41) is 0.521. The molecular formula is C12H12BrClO3. The van der Waals surface area contributed by atoms with E-state index in [9.17, 15) is 9.59 Å². The summed E-state index contributed by atoms with van der Waals surface area (Å²) in [6.07, 6.45) is 0.408. The topological polar surface area (TPSA) is 43.4 Å². The number of Topliss-reactive ketones (excluding diaryl/α,β-unsaturated/α-hetero) is 1. The Morgan fingerprint density at radius 3 is 2.59 bits per heavy atom. The standard InChI is InChI=1S/C12H12BrClO3/c1-3-8(12(16)17-2)11(15)7-4-5-10(14)9(13)6-7/h4-6,8H,3H2,1-2H3. The molecule has 0 radical (unpaired) electrons. The third kappa shape index (κ3) is 3.30. The maximum absolute atomic E-state index is 12.1. The molecule has 0 aliphatic heterocycles. The number of rotatable bonds is 4. The fourth-order valence-electron chi connectivity index (χ4n) is 1.45. The fraction of sp³-hybridized carbons (Fsp3) is 0.333. The van der Waals surface area contributed by atoms with Crippen LogP contribution in [0, 0.1) is 5.92 Å². The van der Waals surface area contributed by atoms with Gasteiger partial charge in [-0.15, -0.1) is 0 Å². The van der Waals surface area contributed by atoms with Crippen LogP contribution in [-0.4, -0.2) is 18.9 Å². The van der Waals surface area contributed by atoms with Gasteiger partial charge in [-0.05, 0) is 40.5 Å². The van der Waals surface area contributed by atoms with E-state index in [1.54, 1.807) is 25.1 Å². The second-order valence-electron chi connectivity index (χ2n) is 3.48. The molecule has 0 spiro atoms. The molecule has 0 N–H and O–H groups in total. The summed E-state index contributed by atoms with van der Waals surface area (Å²) < 4.78 is 5.23. The molecule has 0 aromatic heterocycles. The van der Waals surface area contributed by atoms with Gasteiger partial charge >= 0.3 is 5.97 Å². The molecule has 0 saturated heterocycles. The molecule has 0 fully saturated rings. The Hall–Kier alpha value is -0.870. The lowest BCUT2D eigenvalue weighted by molar-refractivity contribution is -0.143. The molecule has 0 heterocycles. The van der Waals surface area contributed by atoms with Crippen LogP contribution in [0.1, 0.15) is 23.7 Å². The Morgan fingerprint density at radius 1 is 1.47 bits per heavy atom. The lowest BCUT2D eigenvalue weighted by atomic mass is 9.95. The van der Waals surface area contributed by atoms with Crippen molar-refractivity contribution in [2.75, 3.05) is 7.11 Å². The number of esters is 1. The van der Waals surface area contributed by atoms with Gasteiger partial charge in [-0.1, -0.05) is 18.5 Å². The molecule has 3 nitrogen and oxygen atoms in total. The quantitative estimate of drug-likeness (QED) is 0.485. The number of halogens is 2. The molecular weight excluding hydrogens is 307 g/mol. The zero-order valence-corrected chi connectivity index (χ0v) is 11.8. The lowest BCUT2D eigenvalue weighted by Crippen LogP contribution is -2.24. The van der Waals surface area contributed by atoms with Crippen LogP contribution in [-0.2, 0) is 9.53 Å². The zero-order chi connectivity index (χ0) is 13.0. The van der Waals surface area contributed by atoms with Crippen LogP contribution in [0.25, 0.3) is 0 Å². The number of carbonyl (C=O) groups is 2. The largest absolute Gasteiger partial charge is 0.468 e. The van der Waals surface area contributed by atoms with Gasteiger partial charge in [0.15, 0.2) is 5.78 Å². The van der Waals surface area contributed by atoms with E-state index >= 15 is 0 Å². The number of benzene rings is 1. The van der Waals surface area contributed by atoms with Gasteiger partial charge in [0.05, 0.1) is 12.1 Å². The average Bonchev–Trinajstić information content (AvgIpc) is 2.33. The molecule has 0 bridgehead atoms. The second kappa shape index (κ2) is 6.17. The zero-order valence-electron chi connectivity index (χ0n) is 9.50. The van der Waals surface area contributed by atoms with Crippen LogP contribution in [0.4, 0.5) is 0 Å². The molecule has 17 heavy (non-hydrogen) atoms. The number of carbonyl (C=O) groups excluding carboxylic acids is 2. The Labute approximate surface area is 113 Å². The van der Waals surface area contributed by atoms with Crippen molar-refractivity contribution in [2.45, 2.75) is 13.3 Å². The summed E-state index contributed by atoms with van der Waals surface area (Å²) in [5.74, 6) is -1.52. The van der Waals surface area contributed by atoms with Gasteiger partial charge in [0.2, 0.25) is 0 Å². The Balaban J connectivity index is 3.02. The smallest absolute Gasteiger partial charge is 0.316 e. The average molecular weight is 320 g/mol. The van der Waals surface area contributed by atoms with Crippen molar-refractivity contribution in [1.82, 2.24) is 0 Å².